The number of nitrogens with zero attached hydrogens (tertiary/aromatic N) is 3. The zero-order valence-electron chi connectivity index (χ0n) is 16.0. The summed E-state index contributed by atoms with van der Waals surface area (Å²) in [5.74, 6) is -0.832. The van der Waals surface area contributed by atoms with Crippen molar-refractivity contribution in [1.29, 1.82) is 5.26 Å². The quantitative estimate of drug-likeness (QED) is 0.474. The van der Waals surface area contributed by atoms with Crippen LogP contribution >= 0.6 is 34.3 Å². The Balaban J connectivity index is 2.11. The summed E-state index contributed by atoms with van der Waals surface area (Å²) in [6.45, 7) is 6.28. The van der Waals surface area contributed by atoms with Gasteiger partial charge >= 0.3 is 0 Å². The van der Waals surface area contributed by atoms with Crippen LogP contribution in [0.3, 0.4) is 0 Å². The van der Waals surface area contributed by atoms with E-state index in [2.05, 4.69) is 26.7 Å². The standard InChI is InChI=1S/C17H18ClN7O2S2/c1-16(2,20)12(26)24-14-22-8-7(18)9-11(6(5-19)10(8)28-14)29-15(23-9)25-13(27)17(3,4)21/h20-21H2,1-4H3,(H,22,24,26)(H,23,25,27). The first kappa shape index (κ1) is 21.4. The number of nitrogens with one attached hydrogen (secondary N) is 2. The zero-order chi connectivity index (χ0) is 21.7. The number of anilines is 2. The summed E-state index contributed by atoms with van der Waals surface area (Å²) in [4.78, 5) is 32.9. The number of halogens is 1. The molecule has 0 atom stereocenters. The van der Waals surface area contributed by atoms with Gasteiger partial charge in [-0.3, -0.25) is 9.59 Å². The minimum Gasteiger partial charge on any atom is -0.318 e. The molecular weight excluding hydrogens is 434 g/mol. The number of benzene rings is 1. The van der Waals surface area contributed by atoms with Crippen LogP contribution in [0.15, 0.2) is 0 Å². The molecule has 0 saturated carbocycles. The Bertz CT molecular complexity index is 1110. The number of carbonyl (C=O) groups excluding carboxylic acids is 2. The third-order valence-electron chi connectivity index (χ3n) is 3.85. The van der Waals surface area contributed by atoms with Crippen LogP contribution in [-0.4, -0.2) is 32.9 Å². The third-order valence-corrected chi connectivity index (χ3v) is 6.18. The van der Waals surface area contributed by atoms with E-state index in [9.17, 15) is 14.9 Å². The molecule has 152 valence electrons. The fourth-order valence-electron chi connectivity index (χ4n) is 2.22. The summed E-state index contributed by atoms with van der Waals surface area (Å²) in [7, 11) is 0. The fraction of sp³-hybridized carbons (Fsp3) is 0.353. The normalized spacial score (nSPS) is 12.2. The lowest BCUT2D eigenvalue weighted by Gasteiger charge is -2.16. The van der Waals surface area contributed by atoms with Crippen molar-refractivity contribution < 1.29 is 9.59 Å². The predicted octanol–water partition coefficient (Wildman–Crippen LogP) is 2.78. The van der Waals surface area contributed by atoms with Gasteiger partial charge in [0.15, 0.2) is 10.3 Å². The summed E-state index contributed by atoms with van der Waals surface area (Å²) in [6, 6.07) is 2.14. The molecule has 6 N–H and O–H groups in total. The van der Waals surface area contributed by atoms with Gasteiger partial charge in [0, 0.05) is 0 Å². The Morgan fingerprint density at radius 3 is 1.66 bits per heavy atom. The van der Waals surface area contributed by atoms with E-state index in [1.54, 1.807) is 27.7 Å². The van der Waals surface area contributed by atoms with Crippen molar-refractivity contribution in [1.82, 2.24) is 9.97 Å². The number of nitriles is 1. The van der Waals surface area contributed by atoms with Crippen molar-refractivity contribution in [2.45, 2.75) is 38.8 Å². The van der Waals surface area contributed by atoms with Crippen molar-refractivity contribution in [3.05, 3.63) is 10.6 Å². The first-order chi connectivity index (χ1) is 13.3. The van der Waals surface area contributed by atoms with Crippen LogP contribution in [0.2, 0.25) is 5.02 Å². The zero-order valence-corrected chi connectivity index (χ0v) is 18.4. The summed E-state index contributed by atoms with van der Waals surface area (Å²) >= 11 is 8.72. The van der Waals surface area contributed by atoms with Gasteiger partial charge in [-0.05, 0) is 27.7 Å². The molecule has 0 radical (unpaired) electrons. The highest BCUT2D eigenvalue weighted by Gasteiger charge is 2.27. The molecule has 0 bridgehead atoms. The van der Waals surface area contributed by atoms with Crippen LogP contribution in [0.25, 0.3) is 20.4 Å². The molecule has 2 amide bonds. The Morgan fingerprint density at radius 2 is 1.34 bits per heavy atom. The molecule has 12 heteroatoms. The smallest absolute Gasteiger partial charge is 0.245 e. The van der Waals surface area contributed by atoms with Gasteiger partial charge in [0.05, 0.1) is 31.1 Å². The molecule has 2 aromatic heterocycles. The molecule has 1 aromatic carbocycles. The Morgan fingerprint density at radius 1 is 0.966 bits per heavy atom. The highest BCUT2D eigenvalue weighted by atomic mass is 35.5. The van der Waals surface area contributed by atoms with Gasteiger partial charge in [0.2, 0.25) is 11.8 Å². The van der Waals surface area contributed by atoms with Crippen molar-refractivity contribution in [2.75, 3.05) is 10.6 Å². The van der Waals surface area contributed by atoms with Crippen LogP contribution in [0.4, 0.5) is 10.3 Å². The maximum absolute atomic E-state index is 12.1. The monoisotopic (exact) mass is 451 g/mol. The second kappa shape index (κ2) is 7.16. The molecule has 0 aliphatic carbocycles. The summed E-state index contributed by atoms with van der Waals surface area (Å²) in [5, 5.41) is 15.8. The number of rotatable bonds is 4. The molecule has 0 aliphatic heterocycles. The van der Waals surface area contributed by atoms with Crippen molar-refractivity contribution in [3.8, 4) is 6.07 Å². The lowest BCUT2D eigenvalue weighted by atomic mass is 10.1. The van der Waals surface area contributed by atoms with Gasteiger partial charge in [0.1, 0.15) is 17.1 Å². The van der Waals surface area contributed by atoms with E-state index >= 15 is 0 Å². The number of hydrogen-bond acceptors (Lipinski definition) is 9. The average molecular weight is 452 g/mol. The second-order valence-electron chi connectivity index (χ2n) is 7.55. The number of thiazole rings is 2. The number of fused-ring (bicyclic) bond motifs is 2. The first-order valence-corrected chi connectivity index (χ1v) is 10.4. The molecule has 3 aromatic rings. The van der Waals surface area contributed by atoms with E-state index in [1.165, 1.54) is 0 Å². The molecule has 0 unspecified atom stereocenters. The summed E-state index contributed by atoms with van der Waals surface area (Å²) < 4.78 is 1.02. The summed E-state index contributed by atoms with van der Waals surface area (Å²) in [6.07, 6.45) is 0. The Hall–Kier alpha value is -2.36. The molecular formula is C17H18ClN7O2S2. The van der Waals surface area contributed by atoms with Gasteiger partial charge in [-0.2, -0.15) is 5.26 Å². The lowest BCUT2D eigenvalue weighted by molar-refractivity contribution is -0.120. The molecule has 3 rings (SSSR count). The molecule has 2 heterocycles. The molecule has 0 fully saturated rings. The number of nitrogens with two attached hydrogens (primary N) is 2. The molecule has 29 heavy (non-hydrogen) atoms. The minimum absolute atomic E-state index is 0.224. The maximum atomic E-state index is 12.1. The maximum Gasteiger partial charge on any atom is 0.245 e. The molecule has 9 nitrogen and oxygen atoms in total. The SMILES string of the molecule is CC(C)(N)C(=O)Nc1nc2c(Cl)c3nc(NC(=O)C(C)(C)N)sc3c(C#N)c2s1. The van der Waals surface area contributed by atoms with E-state index in [1.807, 2.05) is 0 Å². The van der Waals surface area contributed by atoms with E-state index < -0.39 is 22.9 Å². The van der Waals surface area contributed by atoms with E-state index in [-0.39, 0.29) is 15.3 Å². The molecule has 0 spiro atoms. The van der Waals surface area contributed by atoms with Crippen molar-refractivity contribution in [2.24, 2.45) is 11.5 Å². The van der Waals surface area contributed by atoms with Gasteiger partial charge in [0.25, 0.3) is 0 Å². The minimum atomic E-state index is -1.09. The Kier molecular flexibility index (Phi) is 5.27. The molecule has 0 aliphatic rings. The van der Waals surface area contributed by atoms with Crippen molar-refractivity contribution >= 4 is 76.8 Å². The van der Waals surface area contributed by atoms with Crippen LogP contribution in [0.1, 0.15) is 33.3 Å². The second-order valence-corrected chi connectivity index (χ2v) is 9.92. The highest BCUT2D eigenvalue weighted by Crippen LogP contribution is 2.43. The van der Waals surface area contributed by atoms with Gasteiger partial charge in [-0.15, -0.1) is 0 Å². The van der Waals surface area contributed by atoms with Crippen LogP contribution in [0.5, 0.6) is 0 Å². The van der Waals surface area contributed by atoms with E-state index in [0.29, 0.717) is 26.0 Å². The lowest BCUT2D eigenvalue weighted by Crippen LogP contribution is -2.45. The number of aromatic nitrogens is 2. The number of hydrogen-bond donors (Lipinski definition) is 4. The van der Waals surface area contributed by atoms with E-state index in [0.717, 1.165) is 22.7 Å². The number of carbonyl (C=O) groups is 2. The van der Waals surface area contributed by atoms with Gasteiger partial charge < -0.3 is 22.1 Å². The first-order valence-electron chi connectivity index (χ1n) is 8.36. The van der Waals surface area contributed by atoms with Crippen LogP contribution < -0.4 is 22.1 Å². The van der Waals surface area contributed by atoms with Crippen LogP contribution in [-0.2, 0) is 9.59 Å². The third kappa shape index (κ3) is 4.03. The fourth-order valence-corrected chi connectivity index (χ4v) is 4.60. The summed E-state index contributed by atoms with van der Waals surface area (Å²) in [5.41, 5.74) is 10.4. The number of amides is 2. The largest absolute Gasteiger partial charge is 0.318 e. The predicted molar refractivity (Wildman–Crippen MR) is 116 cm³/mol. The van der Waals surface area contributed by atoms with Gasteiger partial charge in [-0.1, -0.05) is 34.3 Å². The van der Waals surface area contributed by atoms with Gasteiger partial charge in [-0.25, -0.2) is 9.97 Å². The topological polar surface area (TPSA) is 160 Å². The van der Waals surface area contributed by atoms with E-state index in [4.69, 9.17) is 23.1 Å². The average Bonchev–Trinajstić information content (AvgIpc) is 3.18. The Labute approximate surface area is 179 Å². The van der Waals surface area contributed by atoms with Crippen molar-refractivity contribution in [3.63, 3.8) is 0 Å². The molecule has 0 saturated heterocycles. The highest BCUT2D eigenvalue weighted by molar-refractivity contribution is 7.25. The van der Waals surface area contributed by atoms with Crippen LogP contribution in [0, 0.1) is 11.3 Å².